The molecule has 0 aromatic carbocycles. The van der Waals surface area contributed by atoms with Gasteiger partial charge in [-0.25, -0.2) is 0 Å². The third-order valence-electron chi connectivity index (χ3n) is 3.18. The van der Waals surface area contributed by atoms with Crippen molar-refractivity contribution in [3.05, 3.63) is 0 Å². The SMILES string of the molecule is Cl.N[C@H]1CCN(C(=O)[C@@H]2CCCNC2)C1. The first-order valence-corrected chi connectivity index (χ1v) is 5.52. The number of likely N-dealkylation sites (tertiary alicyclic amines) is 1. The number of hydrogen-bond acceptors (Lipinski definition) is 3. The summed E-state index contributed by atoms with van der Waals surface area (Å²) in [7, 11) is 0. The third kappa shape index (κ3) is 3.06. The highest BCUT2D eigenvalue weighted by molar-refractivity contribution is 5.85. The van der Waals surface area contributed by atoms with Gasteiger partial charge in [0.1, 0.15) is 0 Å². The van der Waals surface area contributed by atoms with Crippen molar-refractivity contribution in [3.63, 3.8) is 0 Å². The molecule has 3 N–H and O–H groups in total. The minimum Gasteiger partial charge on any atom is -0.341 e. The van der Waals surface area contributed by atoms with E-state index in [1.165, 1.54) is 0 Å². The fraction of sp³-hybridized carbons (Fsp3) is 0.900. The van der Waals surface area contributed by atoms with Crippen LogP contribution in [0.15, 0.2) is 0 Å². The highest BCUT2D eigenvalue weighted by Gasteiger charge is 2.29. The summed E-state index contributed by atoms with van der Waals surface area (Å²) in [6.45, 7) is 3.53. The summed E-state index contributed by atoms with van der Waals surface area (Å²) >= 11 is 0. The molecule has 15 heavy (non-hydrogen) atoms. The van der Waals surface area contributed by atoms with Crippen LogP contribution in [-0.4, -0.2) is 43.0 Å². The van der Waals surface area contributed by atoms with E-state index in [1.807, 2.05) is 4.90 Å². The van der Waals surface area contributed by atoms with E-state index in [9.17, 15) is 4.79 Å². The van der Waals surface area contributed by atoms with Gasteiger partial charge in [-0.1, -0.05) is 0 Å². The van der Waals surface area contributed by atoms with Gasteiger partial charge in [-0.2, -0.15) is 0 Å². The van der Waals surface area contributed by atoms with Gasteiger partial charge in [-0.05, 0) is 25.8 Å². The quantitative estimate of drug-likeness (QED) is 0.669. The summed E-state index contributed by atoms with van der Waals surface area (Å²) < 4.78 is 0. The fourth-order valence-corrected chi connectivity index (χ4v) is 2.31. The smallest absolute Gasteiger partial charge is 0.227 e. The Morgan fingerprint density at radius 3 is 2.73 bits per heavy atom. The van der Waals surface area contributed by atoms with Crippen molar-refractivity contribution in [2.75, 3.05) is 26.2 Å². The van der Waals surface area contributed by atoms with Crippen molar-refractivity contribution in [1.82, 2.24) is 10.2 Å². The number of carbonyl (C=O) groups is 1. The topological polar surface area (TPSA) is 58.4 Å². The number of carbonyl (C=O) groups excluding carboxylic acids is 1. The van der Waals surface area contributed by atoms with Gasteiger partial charge in [0.15, 0.2) is 0 Å². The molecule has 0 radical (unpaired) electrons. The molecule has 2 saturated heterocycles. The first kappa shape index (κ1) is 12.7. The first-order chi connectivity index (χ1) is 6.77. The van der Waals surface area contributed by atoms with E-state index in [0.29, 0.717) is 5.91 Å². The van der Waals surface area contributed by atoms with Gasteiger partial charge in [0.2, 0.25) is 5.91 Å². The van der Waals surface area contributed by atoms with Crippen LogP contribution in [0.5, 0.6) is 0 Å². The molecule has 0 spiro atoms. The summed E-state index contributed by atoms with van der Waals surface area (Å²) in [6, 6.07) is 0.204. The Bertz CT molecular complexity index is 212. The maximum Gasteiger partial charge on any atom is 0.227 e. The van der Waals surface area contributed by atoms with Crippen LogP contribution in [0, 0.1) is 5.92 Å². The van der Waals surface area contributed by atoms with Crippen LogP contribution >= 0.6 is 12.4 Å². The van der Waals surface area contributed by atoms with Gasteiger partial charge >= 0.3 is 0 Å². The lowest BCUT2D eigenvalue weighted by Gasteiger charge is -2.26. The fourth-order valence-electron chi connectivity index (χ4n) is 2.31. The molecular weight excluding hydrogens is 214 g/mol. The summed E-state index contributed by atoms with van der Waals surface area (Å²) in [5.74, 6) is 0.513. The third-order valence-corrected chi connectivity index (χ3v) is 3.18. The molecule has 4 nitrogen and oxygen atoms in total. The molecule has 5 heteroatoms. The van der Waals surface area contributed by atoms with E-state index in [2.05, 4.69) is 5.32 Å². The maximum atomic E-state index is 12.0. The number of hydrogen-bond donors (Lipinski definition) is 2. The predicted molar refractivity (Wildman–Crippen MR) is 62.0 cm³/mol. The van der Waals surface area contributed by atoms with Crippen LogP contribution in [0.3, 0.4) is 0 Å². The largest absolute Gasteiger partial charge is 0.341 e. The highest BCUT2D eigenvalue weighted by Crippen LogP contribution is 2.16. The van der Waals surface area contributed by atoms with Crippen LogP contribution in [0.25, 0.3) is 0 Å². The summed E-state index contributed by atoms with van der Waals surface area (Å²) in [5, 5.41) is 3.27. The molecule has 2 heterocycles. The molecule has 2 rings (SSSR count). The monoisotopic (exact) mass is 233 g/mol. The van der Waals surface area contributed by atoms with Crippen LogP contribution in [-0.2, 0) is 4.79 Å². The van der Waals surface area contributed by atoms with Crippen molar-refractivity contribution >= 4 is 18.3 Å². The van der Waals surface area contributed by atoms with Gasteiger partial charge in [-0.3, -0.25) is 4.79 Å². The first-order valence-electron chi connectivity index (χ1n) is 5.52. The zero-order valence-corrected chi connectivity index (χ0v) is 9.76. The number of nitrogens with two attached hydrogens (primary N) is 1. The van der Waals surface area contributed by atoms with Crippen LogP contribution in [0.2, 0.25) is 0 Å². The summed E-state index contributed by atoms with van der Waals surface area (Å²) in [6.07, 6.45) is 3.12. The second-order valence-electron chi connectivity index (χ2n) is 4.38. The van der Waals surface area contributed by atoms with Gasteiger partial charge in [-0.15, -0.1) is 12.4 Å². The Kier molecular flexibility index (Phi) is 4.83. The number of halogens is 1. The van der Waals surface area contributed by atoms with E-state index < -0.39 is 0 Å². The Hall–Kier alpha value is -0.320. The lowest BCUT2D eigenvalue weighted by Crippen LogP contribution is -2.42. The molecule has 2 aliphatic heterocycles. The molecule has 88 valence electrons. The van der Waals surface area contributed by atoms with E-state index in [1.54, 1.807) is 0 Å². The minimum atomic E-state index is 0. The average Bonchev–Trinajstić information content (AvgIpc) is 2.65. The predicted octanol–water partition coefficient (Wildman–Crippen LogP) is -0.0326. The second kappa shape index (κ2) is 5.68. The standard InChI is InChI=1S/C10H19N3O.ClH/c11-9-3-5-13(7-9)10(14)8-2-1-4-12-6-8;/h8-9,12H,1-7,11H2;1H/t8-,9+;/m1./s1. The molecule has 0 unspecified atom stereocenters. The van der Waals surface area contributed by atoms with Crippen LogP contribution < -0.4 is 11.1 Å². The van der Waals surface area contributed by atoms with Gasteiger partial charge < -0.3 is 16.0 Å². The van der Waals surface area contributed by atoms with Crippen molar-refractivity contribution < 1.29 is 4.79 Å². The molecule has 2 aliphatic rings. The molecule has 2 fully saturated rings. The average molecular weight is 234 g/mol. The molecule has 1 amide bonds. The van der Waals surface area contributed by atoms with Crippen molar-refractivity contribution in [2.45, 2.75) is 25.3 Å². The molecule has 0 aromatic rings. The van der Waals surface area contributed by atoms with Gasteiger partial charge in [0.05, 0.1) is 5.92 Å². The molecule has 0 aliphatic carbocycles. The molecule has 0 bridgehead atoms. The van der Waals surface area contributed by atoms with Crippen LogP contribution in [0.4, 0.5) is 0 Å². The number of piperidine rings is 1. The zero-order chi connectivity index (χ0) is 9.97. The van der Waals surface area contributed by atoms with E-state index in [0.717, 1.165) is 45.4 Å². The Morgan fingerprint density at radius 1 is 1.40 bits per heavy atom. The molecular formula is C10H20ClN3O. The van der Waals surface area contributed by atoms with Gasteiger partial charge in [0, 0.05) is 25.7 Å². The zero-order valence-electron chi connectivity index (χ0n) is 8.95. The lowest BCUT2D eigenvalue weighted by atomic mass is 9.98. The number of amides is 1. The summed E-state index contributed by atoms with van der Waals surface area (Å²) in [5.41, 5.74) is 5.78. The van der Waals surface area contributed by atoms with Crippen molar-refractivity contribution in [3.8, 4) is 0 Å². The molecule has 0 saturated carbocycles. The Morgan fingerprint density at radius 2 is 2.20 bits per heavy atom. The molecule has 2 atom stereocenters. The van der Waals surface area contributed by atoms with Crippen molar-refractivity contribution in [1.29, 1.82) is 0 Å². The lowest BCUT2D eigenvalue weighted by molar-refractivity contribution is -0.135. The minimum absolute atomic E-state index is 0. The summed E-state index contributed by atoms with van der Waals surface area (Å²) in [4.78, 5) is 13.9. The number of nitrogens with one attached hydrogen (secondary N) is 1. The van der Waals surface area contributed by atoms with E-state index >= 15 is 0 Å². The number of rotatable bonds is 1. The number of nitrogens with zero attached hydrogens (tertiary/aromatic N) is 1. The van der Waals surface area contributed by atoms with Crippen molar-refractivity contribution in [2.24, 2.45) is 11.7 Å². The van der Waals surface area contributed by atoms with Gasteiger partial charge in [0.25, 0.3) is 0 Å². The Labute approximate surface area is 97.0 Å². The van der Waals surface area contributed by atoms with Crippen LogP contribution in [0.1, 0.15) is 19.3 Å². The normalized spacial score (nSPS) is 31.1. The second-order valence-corrected chi connectivity index (χ2v) is 4.38. The highest BCUT2D eigenvalue weighted by atomic mass is 35.5. The Balaban J connectivity index is 0.00000112. The van der Waals surface area contributed by atoms with E-state index in [4.69, 9.17) is 5.73 Å². The molecule has 0 aromatic heterocycles. The maximum absolute atomic E-state index is 12.0. The van der Waals surface area contributed by atoms with E-state index in [-0.39, 0.29) is 24.4 Å².